The van der Waals surface area contributed by atoms with Crippen LogP contribution in [0.15, 0.2) is 22.7 Å². The highest BCUT2D eigenvalue weighted by Crippen LogP contribution is 2.16. The van der Waals surface area contributed by atoms with E-state index < -0.39 is 0 Å². The van der Waals surface area contributed by atoms with E-state index in [1.54, 1.807) is 6.07 Å². The Morgan fingerprint density at radius 2 is 2.12 bits per heavy atom. The van der Waals surface area contributed by atoms with Gasteiger partial charge in [0.2, 0.25) is 0 Å². The molecule has 0 amide bonds. The molecule has 1 rings (SSSR count). The topological polar surface area (TPSA) is 21.3 Å². The first-order valence-corrected chi connectivity index (χ1v) is 6.71. The molecular weight excluding hydrogens is 285 g/mol. The second-order valence-electron chi connectivity index (χ2n) is 3.90. The second kappa shape index (κ2) is 7.80. The molecule has 1 aromatic rings. The Morgan fingerprint density at radius 1 is 1.35 bits per heavy atom. The molecular formula is C13H19BrFNO. The third kappa shape index (κ3) is 5.61. The molecule has 1 atom stereocenters. The standard InChI is InChI=1S/C13H19BrFNO/c1-3-16-13(9-17-4-2)7-10-5-11(14)8-12(15)6-10/h5-6,8,13,16H,3-4,7,9H2,1-2H3. The molecule has 0 bridgehead atoms. The molecule has 2 nitrogen and oxygen atoms in total. The fraction of sp³-hybridized carbons (Fsp3) is 0.538. The summed E-state index contributed by atoms with van der Waals surface area (Å²) >= 11 is 3.30. The fourth-order valence-corrected chi connectivity index (χ4v) is 2.26. The fourth-order valence-electron chi connectivity index (χ4n) is 1.75. The minimum atomic E-state index is -0.207. The van der Waals surface area contributed by atoms with Crippen molar-refractivity contribution in [2.45, 2.75) is 26.3 Å². The molecule has 0 radical (unpaired) electrons. The van der Waals surface area contributed by atoms with E-state index in [2.05, 4.69) is 28.2 Å². The summed E-state index contributed by atoms with van der Waals surface area (Å²) in [6.07, 6.45) is 0.768. The maximum atomic E-state index is 13.2. The van der Waals surface area contributed by atoms with E-state index in [1.165, 1.54) is 6.07 Å². The molecule has 0 aromatic heterocycles. The first-order chi connectivity index (χ1) is 8.15. The molecule has 0 saturated carbocycles. The largest absolute Gasteiger partial charge is 0.380 e. The number of hydrogen-bond donors (Lipinski definition) is 1. The Kier molecular flexibility index (Phi) is 6.70. The molecule has 0 saturated heterocycles. The molecule has 0 fully saturated rings. The predicted molar refractivity (Wildman–Crippen MR) is 71.8 cm³/mol. The maximum absolute atomic E-state index is 13.2. The van der Waals surface area contributed by atoms with Gasteiger partial charge in [-0.15, -0.1) is 0 Å². The smallest absolute Gasteiger partial charge is 0.124 e. The van der Waals surface area contributed by atoms with Gasteiger partial charge in [-0.1, -0.05) is 22.9 Å². The minimum absolute atomic E-state index is 0.207. The lowest BCUT2D eigenvalue weighted by molar-refractivity contribution is 0.123. The monoisotopic (exact) mass is 303 g/mol. The summed E-state index contributed by atoms with van der Waals surface area (Å²) in [5.74, 6) is -0.207. The number of hydrogen-bond acceptors (Lipinski definition) is 2. The summed E-state index contributed by atoms with van der Waals surface area (Å²) < 4.78 is 19.4. The third-order valence-corrected chi connectivity index (χ3v) is 2.88. The van der Waals surface area contributed by atoms with E-state index in [0.717, 1.165) is 23.0 Å². The van der Waals surface area contributed by atoms with Crippen molar-refractivity contribution in [3.63, 3.8) is 0 Å². The van der Waals surface area contributed by atoms with Crippen LogP contribution in [0.5, 0.6) is 0 Å². The van der Waals surface area contributed by atoms with E-state index in [9.17, 15) is 4.39 Å². The molecule has 17 heavy (non-hydrogen) atoms. The Morgan fingerprint density at radius 3 is 2.71 bits per heavy atom. The van der Waals surface area contributed by atoms with E-state index in [-0.39, 0.29) is 11.9 Å². The van der Waals surface area contributed by atoms with Crippen molar-refractivity contribution >= 4 is 15.9 Å². The van der Waals surface area contributed by atoms with E-state index in [4.69, 9.17) is 4.74 Å². The van der Waals surface area contributed by atoms with Gasteiger partial charge in [-0.25, -0.2) is 4.39 Å². The number of nitrogens with one attached hydrogen (secondary N) is 1. The predicted octanol–water partition coefficient (Wildman–Crippen LogP) is 3.15. The number of benzene rings is 1. The van der Waals surface area contributed by atoms with Crippen LogP contribution in [-0.2, 0) is 11.2 Å². The molecule has 4 heteroatoms. The van der Waals surface area contributed by atoms with Crippen molar-refractivity contribution in [1.82, 2.24) is 5.32 Å². The summed E-state index contributed by atoms with van der Waals surface area (Å²) in [4.78, 5) is 0. The van der Waals surface area contributed by atoms with Crippen molar-refractivity contribution in [3.8, 4) is 0 Å². The number of likely N-dealkylation sites (N-methyl/N-ethyl adjacent to an activating group) is 1. The van der Waals surface area contributed by atoms with Crippen LogP contribution in [0.2, 0.25) is 0 Å². The number of rotatable bonds is 7. The Bertz CT molecular complexity index is 326. The van der Waals surface area contributed by atoms with Gasteiger partial charge in [-0.2, -0.15) is 0 Å². The maximum Gasteiger partial charge on any atom is 0.124 e. The van der Waals surface area contributed by atoms with E-state index >= 15 is 0 Å². The summed E-state index contributed by atoms with van der Waals surface area (Å²) in [6, 6.07) is 5.21. The number of ether oxygens (including phenoxy) is 1. The van der Waals surface area contributed by atoms with Gasteiger partial charge in [0.25, 0.3) is 0 Å². The quantitative estimate of drug-likeness (QED) is 0.835. The summed E-state index contributed by atoms with van der Waals surface area (Å²) in [6.45, 7) is 6.27. The Labute approximate surface area is 111 Å². The zero-order valence-electron chi connectivity index (χ0n) is 10.3. The van der Waals surface area contributed by atoms with E-state index in [1.807, 2.05) is 13.0 Å². The lowest BCUT2D eigenvalue weighted by Crippen LogP contribution is -2.35. The number of halogens is 2. The molecule has 0 aliphatic heterocycles. The van der Waals surface area contributed by atoms with Gasteiger partial charge < -0.3 is 10.1 Å². The summed E-state index contributed by atoms with van der Waals surface area (Å²) in [5.41, 5.74) is 0.975. The van der Waals surface area contributed by atoms with Crippen LogP contribution in [0.3, 0.4) is 0 Å². The molecule has 1 N–H and O–H groups in total. The van der Waals surface area contributed by atoms with Crippen molar-refractivity contribution < 1.29 is 9.13 Å². The first-order valence-electron chi connectivity index (χ1n) is 5.91. The van der Waals surface area contributed by atoms with Crippen LogP contribution >= 0.6 is 15.9 Å². The van der Waals surface area contributed by atoms with Crippen LogP contribution < -0.4 is 5.32 Å². The van der Waals surface area contributed by atoms with Crippen molar-refractivity contribution in [3.05, 3.63) is 34.1 Å². The second-order valence-corrected chi connectivity index (χ2v) is 4.81. The average molecular weight is 304 g/mol. The van der Waals surface area contributed by atoms with Gasteiger partial charge in [0.1, 0.15) is 5.82 Å². The van der Waals surface area contributed by atoms with Crippen molar-refractivity contribution in [2.75, 3.05) is 19.8 Å². The highest BCUT2D eigenvalue weighted by atomic mass is 79.9. The van der Waals surface area contributed by atoms with Gasteiger partial charge >= 0.3 is 0 Å². The average Bonchev–Trinajstić information content (AvgIpc) is 2.24. The summed E-state index contributed by atoms with van der Waals surface area (Å²) in [7, 11) is 0. The first kappa shape index (κ1) is 14.6. The van der Waals surface area contributed by atoms with E-state index in [0.29, 0.717) is 13.2 Å². The third-order valence-electron chi connectivity index (χ3n) is 2.42. The van der Waals surface area contributed by atoms with Gasteiger partial charge in [-0.3, -0.25) is 0 Å². The lowest BCUT2D eigenvalue weighted by Gasteiger charge is -2.17. The van der Waals surface area contributed by atoms with Crippen LogP contribution in [0.25, 0.3) is 0 Å². The van der Waals surface area contributed by atoms with Gasteiger partial charge in [0.05, 0.1) is 6.61 Å². The SMILES string of the molecule is CCNC(COCC)Cc1cc(F)cc(Br)c1. The van der Waals surface area contributed by atoms with Crippen molar-refractivity contribution in [1.29, 1.82) is 0 Å². The Hall–Kier alpha value is -0.450. The lowest BCUT2D eigenvalue weighted by atomic mass is 10.1. The molecule has 1 aromatic carbocycles. The highest BCUT2D eigenvalue weighted by molar-refractivity contribution is 9.10. The molecule has 0 aliphatic carbocycles. The van der Waals surface area contributed by atoms with Crippen molar-refractivity contribution in [2.24, 2.45) is 0 Å². The van der Waals surface area contributed by atoms with Gasteiger partial charge in [-0.05, 0) is 43.7 Å². The minimum Gasteiger partial charge on any atom is -0.380 e. The highest BCUT2D eigenvalue weighted by Gasteiger charge is 2.09. The van der Waals surface area contributed by atoms with Crippen LogP contribution in [-0.4, -0.2) is 25.8 Å². The molecule has 0 heterocycles. The van der Waals surface area contributed by atoms with Gasteiger partial charge in [0, 0.05) is 17.1 Å². The zero-order valence-corrected chi connectivity index (χ0v) is 11.9. The van der Waals surface area contributed by atoms with Crippen LogP contribution in [0.4, 0.5) is 4.39 Å². The Balaban J connectivity index is 2.63. The molecule has 1 unspecified atom stereocenters. The molecule has 96 valence electrons. The zero-order chi connectivity index (χ0) is 12.7. The summed E-state index contributed by atoms with van der Waals surface area (Å²) in [5, 5.41) is 3.34. The molecule has 0 spiro atoms. The normalized spacial score (nSPS) is 12.7. The van der Waals surface area contributed by atoms with Gasteiger partial charge in [0.15, 0.2) is 0 Å². The molecule has 0 aliphatic rings. The van der Waals surface area contributed by atoms with Crippen LogP contribution in [0.1, 0.15) is 19.4 Å². The van der Waals surface area contributed by atoms with Crippen LogP contribution in [0, 0.1) is 5.82 Å².